The van der Waals surface area contributed by atoms with E-state index in [0.717, 1.165) is 20.4 Å². The second kappa shape index (κ2) is 7.09. The van der Waals surface area contributed by atoms with Crippen LogP contribution in [0.4, 0.5) is 0 Å². The maximum absolute atomic E-state index is 12.6. The van der Waals surface area contributed by atoms with Crippen molar-refractivity contribution < 1.29 is 14.3 Å². The third-order valence-electron chi connectivity index (χ3n) is 3.95. The molecule has 26 heavy (non-hydrogen) atoms. The van der Waals surface area contributed by atoms with E-state index in [4.69, 9.17) is 9.47 Å². The van der Waals surface area contributed by atoms with E-state index in [1.165, 1.54) is 11.3 Å². The van der Waals surface area contributed by atoms with Crippen molar-refractivity contribution in [1.29, 1.82) is 0 Å². The Bertz CT molecular complexity index is 1070. The van der Waals surface area contributed by atoms with E-state index < -0.39 is 0 Å². The number of ether oxygens (including phenoxy) is 2. The average Bonchev–Trinajstić information content (AvgIpc) is 2.97. The molecule has 0 N–H and O–H groups in total. The van der Waals surface area contributed by atoms with Crippen molar-refractivity contribution in [3.8, 4) is 11.5 Å². The summed E-state index contributed by atoms with van der Waals surface area (Å²) in [4.78, 5) is 17.5. The first kappa shape index (κ1) is 17.1. The summed E-state index contributed by atoms with van der Waals surface area (Å²) in [6.07, 6.45) is 1.78. The van der Waals surface area contributed by atoms with Gasteiger partial charge in [-0.15, -0.1) is 6.58 Å². The molecule has 0 spiro atoms. The summed E-state index contributed by atoms with van der Waals surface area (Å²) >= 11 is 4.82. The monoisotopic (exact) mass is 430 g/mol. The summed E-state index contributed by atoms with van der Waals surface area (Å²) in [6.45, 7) is 5.43. The Morgan fingerprint density at radius 1 is 1.23 bits per heavy atom. The van der Waals surface area contributed by atoms with E-state index in [0.29, 0.717) is 35.9 Å². The lowest BCUT2D eigenvalue weighted by atomic mass is 10.2. The molecule has 1 amide bonds. The van der Waals surface area contributed by atoms with Gasteiger partial charge in [0, 0.05) is 28.7 Å². The van der Waals surface area contributed by atoms with Gasteiger partial charge in [0.25, 0.3) is 5.91 Å². The molecule has 0 fully saturated rings. The van der Waals surface area contributed by atoms with E-state index in [9.17, 15) is 4.79 Å². The van der Waals surface area contributed by atoms with Gasteiger partial charge < -0.3 is 14.0 Å². The summed E-state index contributed by atoms with van der Waals surface area (Å²) < 4.78 is 15.2. The van der Waals surface area contributed by atoms with Crippen molar-refractivity contribution in [3.05, 3.63) is 63.9 Å². The molecule has 0 unspecified atom stereocenters. The number of allylic oxidation sites excluding steroid dienone is 1. The van der Waals surface area contributed by atoms with Crippen LogP contribution in [0.25, 0.3) is 10.2 Å². The van der Waals surface area contributed by atoms with Gasteiger partial charge in [0.05, 0.1) is 10.2 Å². The number of carbonyl (C=O) groups excluding carboxylic acids is 1. The number of carbonyl (C=O) groups is 1. The summed E-state index contributed by atoms with van der Waals surface area (Å²) in [5, 5.41) is 0. The van der Waals surface area contributed by atoms with Crippen molar-refractivity contribution in [2.75, 3.05) is 13.2 Å². The van der Waals surface area contributed by atoms with E-state index in [1.54, 1.807) is 18.2 Å². The van der Waals surface area contributed by atoms with E-state index in [2.05, 4.69) is 27.5 Å². The SMILES string of the molecule is C=CCn1c(=NC(=O)c2ccc(Br)cc2)sc2cc3c(cc21)OCCO3. The fourth-order valence-electron chi connectivity index (χ4n) is 2.74. The molecule has 0 radical (unpaired) electrons. The molecule has 2 aromatic carbocycles. The molecule has 1 aromatic heterocycles. The van der Waals surface area contributed by atoms with Crippen LogP contribution >= 0.6 is 27.3 Å². The highest BCUT2D eigenvalue weighted by Crippen LogP contribution is 2.35. The summed E-state index contributed by atoms with van der Waals surface area (Å²) in [7, 11) is 0. The normalized spacial score (nSPS) is 13.8. The van der Waals surface area contributed by atoms with E-state index >= 15 is 0 Å². The quantitative estimate of drug-likeness (QED) is 0.586. The third kappa shape index (κ3) is 3.20. The van der Waals surface area contributed by atoms with E-state index in [1.807, 2.05) is 28.8 Å². The van der Waals surface area contributed by atoms with Crippen molar-refractivity contribution in [2.24, 2.45) is 4.99 Å². The molecule has 3 aromatic rings. The molecule has 0 saturated carbocycles. The van der Waals surface area contributed by atoms with Crippen molar-refractivity contribution in [1.82, 2.24) is 4.57 Å². The Morgan fingerprint density at radius 2 is 1.92 bits per heavy atom. The summed E-state index contributed by atoms with van der Waals surface area (Å²) in [6, 6.07) is 11.0. The number of rotatable bonds is 3. The largest absolute Gasteiger partial charge is 0.486 e. The zero-order valence-electron chi connectivity index (χ0n) is 13.8. The van der Waals surface area contributed by atoms with E-state index in [-0.39, 0.29) is 5.91 Å². The Kier molecular flexibility index (Phi) is 4.65. The molecule has 4 rings (SSSR count). The third-order valence-corrected chi connectivity index (χ3v) is 5.52. The Labute approximate surface area is 162 Å². The fraction of sp³-hybridized carbons (Fsp3) is 0.158. The van der Waals surface area contributed by atoms with Gasteiger partial charge in [0.2, 0.25) is 0 Å². The first-order valence-electron chi connectivity index (χ1n) is 8.04. The van der Waals surface area contributed by atoms with Crippen LogP contribution in [0.5, 0.6) is 11.5 Å². The van der Waals surface area contributed by atoms with Gasteiger partial charge in [-0.3, -0.25) is 4.79 Å². The van der Waals surface area contributed by atoms with Gasteiger partial charge >= 0.3 is 0 Å². The standard InChI is InChI=1S/C19H15BrN2O3S/c1-2-7-22-14-10-15-16(25-9-8-24-15)11-17(14)26-19(22)21-18(23)12-3-5-13(20)6-4-12/h2-6,10-11H,1,7-9H2. The maximum atomic E-state index is 12.6. The minimum absolute atomic E-state index is 0.279. The molecule has 1 aliphatic heterocycles. The number of aromatic nitrogens is 1. The van der Waals surface area contributed by atoms with Gasteiger partial charge in [-0.1, -0.05) is 33.3 Å². The Balaban J connectivity index is 1.85. The highest BCUT2D eigenvalue weighted by atomic mass is 79.9. The van der Waals surface area contributed by atoms with Crippen LogP contribution in [0.15, 0.2) is 58.5 Å². The average molecular weight is 431 g/mol. The number of benzene rings is 2. The second-order valence-corrected chi connectivity index (χ2v) is 7.60. The first-order valence-corrected chi connectivity index (χ1v) is 9.65. The predicted octanol–water partition coefficient (Wildman–Crippen LogP) is 4.16. The molecule has 0 bridgehead atoms. The Morgan fingerprint density at radius 3 is 2.62 bits per heavy atom. The molecule has 0 atom stereocenters. The van der Waals surface area contributed by atoms with Gasteiger partial charge in [-0.25, -0.2) is 0 Å². The lowest BCUT2D eigenvalue weighted by Crippen LogP contribution is -2.17. The molecule has 1 aliphatic rings. The minimum atomic E-state index is -0.279. The number of halogens is 1. The van der Waals surface area contributed by atoms with Gasteiger partial charge in [0.15, 0.2) is 16.3 Å². The lowest BCUT2D eigenvalue weighted by Gasteiger charge is -2.18. The maximum Gasteiger partial charge on any atom is 0.279 e. The van der Waals surface area contributed by atoms with Crippen LogP contribution in [0.2, 0.25) is 0 Å². The molecule has 132 valence electrons. The van der Waals surface area contributed by atoms with Gasteiger partial charge in [-0.05, 0) is 24.3 Å². The zero-order chi connectivity index (χ0) is 18.1. The topological polar surface area (TPSA) is 52.8 Å². The molecule has 5 nitrogen and oxygen atoms in total. The minimum Gasteiger partial charge on any atom is -0.486 e. The first-order chi connectivity index (χ1) is 12.7. The molecule has 2 heterocycles. The van der Waals surface area contributed by atoms with Crippen LogP contribution in [0.3, 0.4) is 0 Å². The van der Waals surface area contributed by atoms with Gasteiger partial charge in [0.1, 0.15) is 13.2 Å². The molecule has 0 aliphatic carbocycles. The van der Waals surface area contributed by atoms with Crippen LogP contribution in [-0.4, -0.2) is 23.7 Å². The zero-order valence-corrected chi connectivity index (χ0v) is 16.2. The van der Waals surface area contributed by atoms with Crippen molar-refractivity contribution in [2.45, 2.75) is 6.54 Å². The van der Waals surface area contributed by atoms with Crippen molar-refractivity contribution >= 4 is 43.4 Å². The molecular formula is C19H15BrN2O3S. The molecule has 7 heteroatoms. The summed E-state index contributed by atoms with van der Waals surface area (Å²) in [5.41, 5.74) is 1.49. The lowest BCUT2D eigenvalue weighted by molar-refractivity contribution is 0.0998. The number of fused-ring (bicyclic) bond motifs is 2. The number of thiazole rings is 1. The van der Waals surface area contributed by atoms with Crippen LogP contribution in [0, 0.1) is 0 Å². The second-order valence-electron chi connectivity index (χ2n) is 5.67. The fourth-order valence-corrected chi connectivity index (χ4v) is 4.05. The summed E-state index contributed by atoms with van der Waals surface area (Å²) in [5.74, 6) is 1.16. The van der Waals surface area contributed by atoms with Crippen molar-refractivity contribution in [3.63, 3.8) is 0 Å². The number of amides is 1. The Hall–Kier alpha value is -2.38. The number of nitrogens with zero attached hydrogens (tertiary/aromatic N) is 2. The number of hydrogen-bond donors (Lipinski definition) is 0. The highest BCUT2D eigenvalue weighted by Gasteiger charge is 2.16. The smallest absolute Gasteiger partial charge is 0.279 e. The van der Waals surface area contributed by atoms with Crippen LogP contribution in [0.1, 0.15) is 10.4 Å². The molecule has 0 saturated heterocycles. The highest BCUT2D eigenvalue weighted by molar-refractivity contribution is 9.10. The molecular weight excluding hydrogens is 416 g/mol. The van der Waals surface area contributed by atoms with Gasteiger partial charge in [-0.2, -0.15) is 4.99 Å². The number of hydrogen-bond acceptors (Lipinski definition) is 4. The van der Waals surface area contributed by atoms with Crippen LogP contribution < -0.4 is 14.3 Å². The van der Waals surface area contributed by atoms with Crippen LogP contribution in [-0.2, 0) is 6.54 Å². The predicted molar refractivity (Wildman–Crippen MR) is 105 cm³/mol.